The minimum Gasteiger partial charge on any atom is -0.497 e. The standard InChI is InChI=1S/C20H20N2O/c1-23-18-11-7-10-17(14-18)20(19-12-5-6-13-21-19)22-15-16-8-3-2-4-9-16/h2-14,20,22H,15H2,1H3. The molecule has 23 heavy (non-hydrogen) atoms. The second-order valence-corrected chi connectivity index (χ2v) is 5.33. The van der Waals surface area contributed by atoms with E-state index in [9.17, 15) is 0 Å². The molecule has 116 valence electrons. The highest BCUT2D eigenvalue weighted by Gasteiger charge is 2.15. The topological polar surface area (TPSA) is 34.1 Å². The van der Waals surface area contributed by atoms with Gasteiger partial charge in [-0.3, -0.25) is 4.98 Å². The molecule has 3 heteroatoms. The number of rotatable bonds is 6. The Hall–Kier alpha value is -2.65. The first kappa shape index (κ1) is 15.3. The van der Waals surface area contributed by atoms with Crippen LogP contribution in [-0.2, 0) is 6.54 Å². The van der Waals surface area contributed by atoms with E-state index in [1.165, 1.54) is 5.56 Å². The fourth-order valence-corrected chi connectivity index (χ4v) is 2.58. The van der Waals surface area contributed by atoms with Crippen molar-refractivity contribution in [1.82, 2.24) is 10.3 Å². The summed E-state index contributed by atoms with van der Waals surface area (Å²) in [4.78, 5) is 4.52. The molecule has 0 spiro atoms. The molecule has 0 aliphatic rings. The summed E-state index contributed by atoms with van der Waals surface area (Å²) in [6.07, 6.45) is 1.83. The zero-order chi connectivity index (χ0) is 15.9. The van der Waals surface area contributed by atoms with Gasteiger partial charge in [0.2, 0.25) is 0 Å². The minimum absolute atomic E-state index is 0.0199. The van der Waals surface area contributed by atoms with Gasteiger partial charge in [0.15, 0.2) is 0 Å². The molecule has 1 heterocycles. The van der Waals surface area contributed by atoms with Crippen molar-refractivity contribution < 1.29 is 4.74 Å². The summed E-state index contributed by atoms with van der Waals surface area (Å²) < 4.78 is 5.36. The predicted molar refractivity (Wildman–Crippen MR) is 92.4 cm³/mol. The molecule has 0 saturated carbocycles. The van der Waals surface area contributed by atoms with Crippen LogP contribution in [-0.4, -0.2) is 12.1 Å². The van der Waals surface area contributed by atoms with Crippen LogP contribution in [0, 0.1) is 0 Å². The van der Waals surface area contributed by atoms with Gasteiger partial charge in [-0.1, -0.05) is 48.5 Å². The van der Waals surface area contributed by atoms with Crippen LogP contribution in [0.5, 0.6) is 5.75 Å². The Bertz CT molecular complexity index is 729. The minimum atomic E-state index is 0.0199. The number of hydrogen-bond donors (Lipinski definition) is 1. The third-order valence-electron chi connectivity index (χ3n) is 3.76. The van der Waals surface area contributed by atoms with E-state index in [4.69, 9.17) is 4.74 Å². The summed E-state index contributed by atoms with van der Waals surface area (Å²) in [5.74, 6) is 0.852. The molecule has 3 aromatic rings. The van der Waals surface area contributed by atoms with Crippen molar-refractivity contribution >= 4 is 0 Å². The lowest BCUT2D eigenvalue weighted by Gasteiger charge is -2.19. The zero-order valence-corrected chi connectivity index (χ0v) is 13.1. The highest BCUT2D eigenvalue weighted by Crippen LogP contribution is 2.24. The van der Waals surface area contributed by atoms with Crippen LogP contribution in [0.1, 0.15) is 22.9 Å². The molecule has 1 aromatic heterocycles. The van der Waals surface area contributed by atoms with Crippen LogP contribution in [0.3, 0.4) is 0 Å². The van der Waals surface area contributed by atoms with Crippen LogP contribution in [0.4, 0.5) is 0 Å². The first-order valence-electron chi connectivity index (χ1n) is 7.69. The molecule has 0 aliphatic carbocycles. The van der Waals surface area contributed by atoms with E-state index in [1.807, 2.05) is 42.6 Å². The average Bonchev–Trinajstić information content (AvgIpc) is 2.64. The van der Waals surface area contributed by atoms with Gasteiger partial charge in [-0.2, -0.15) is 0 Å². The van der Waals surface area contributed by atoms with Gasteiger partial charge in [0.25, 0.3) is 0 Å². The van der Waals surface area contributed by atoms with Gasteiger partial charge in [0.1, 0.15) is 5.75 Å². The summed E-state index contributed by atoms with van der Waals surface area (Å²) >= 11 is 0. The third kappa shape index (κ3) is 3.96. The molecule has 0 bridgehead atoms. The first-order chi connectivity index (χ1) is 11.4. The zero-order valence-electron chi connectivity index (χ0n) is 13.1. The Labute approximate surface area is 137 Å². The number of benzene rings is 2. The predicted octanol–water partition coefficient (Wildman–Crippen LogP) is 3.97. The first-order valence-corrected chi connectivity index (χ1v) is 7.69. The SMILES string of the molecule is COc1cccc(C(NCc2ccccc2)c2ccccn2)c1. The van der Waals surface area contributed by atoms with Gasteiger partial charge in [-0.25, -0.2) is 0 Å². The fourth-order valence-electron chi connectivity index (χ4n) is 2.58. The highest BCUT2D eigenvalue weighted by atomic mass is 16.5. The van der Waals surface area contributed by atoms with E-state index in [-0.39, 0.29) is 6.04 Å². The molecule has 1 atom stereocenters. The third-order valence-corrected chi connectivity index (χ3v) is 3.76. The lowest BCUT2D eigenvalue weighted by Crippen LogP contribution is -2.23. The molecule has 2 aromatic carbocycles. The van der Waals surface area contributed by atoms with Crippen LogP contribution < -0.4 is 10.1 Å². The van der Waals surface area contributed by atoms with Gasteiger partial charge in [-0.05, 0) is 35.4 Å². The van der Waals surface area contributed by atoms with Crippen molar-refractivity contribution in [2.45, 2.75) is 12.6 Å². The maximum atomic E-state index is 5.36. The smallest absolute Gasteiger partial charge is 0.119 e. The second-order valence-electron chi connectivity index (χ2n) is 5.33. The maximum absolute atomic E-state index is 5.36. The largest absolute Gasteiger partial charge is 0.497 e. The lowest BCUT2D eigenvalue weighted by atomic mass is 10.0. The van der Waals surface area contributed by atoms with Crippen LogP contribution >= 0.6 is 0 Å². The van der Waals surface area contributed by atoms with Crippen LogP contribution in [0.25, 0.3) is 0 Å². The summed E-state index contributed by atoms with van der Waals surface area (Å²) in [6.45, 7) is 0.777. The molecule has 1 unspecified atom stereocenters. The van der Waals surface area contributed by atoms with Crippen molar-refractivity contribution in [3.8, 4) is 5.75 Å². The second kappa shape index (κ2) is 7.56. The summed E-state index contributed by atoms with van der Waals surface area (Å²) in [6, 6.07) is 24.5. The van der Waals surface area contributed by atoms with Crippen LogP contribution in [0.15, 0.2) is 79.0 Å². The number of methoxy groups -OCH3 is 1. The Morgan fingerprint density at radius 1 is 0.957 bits per heavy atom. The summed E-state index contributed by atoms with van der Waals surface area (Å²) in [7, 11) is 1.69. The Morgan fingerprint density at radius 3 is 2.52 bits per heavy atom. The van der Waals surface area contributed by atoms with Crippen molar-refractivity contribution in [2.75, 3.05) is 7.11 Å². The maximum Gasteiger partial charge on any atom is 0.119 e. The van der Waals surface area contributed by atoms with E-state index >= 15 is 0 Å². The number of nitrogens with zero attached hydrogens (tertiary/aromatic N) is 1. The van der Waals surface area contributed by atoms with E-state index in [0.29, 0.717) is 0 Å². The molecular weight excluding hydrogens is 284 g/mol. The van der Waals surface area contributed by atoms with Crippen LogP contribution in [0.2, 0.25) is 0 Å². The Balaban J connectivity index is 1.87. The number of hydrogen-bond acceptors (Lipinski definition) is 3. The van der Waals surface area contributed by atoms with E-state index in [1.54, 1.807) is 7.11 Å². The molecule has 0 radical (unpaired) electrons. The summed E-state index contributed by atoms with van der Waals surface area (Å²) in [5, 5.41) is 3.60. The number of pyridine rings is 1. The van der Waals surface area contributed by atoms with E-state index in [0.717, 1.165) is 23.6 Å². The highest BCUT2D eigenvalue weighted by molar-refractivity contribution is 5.34. The van der Waals surface area contributed by atoms with Crippen molar-refractivity contribution in [3.63, 3.8) is 0 Å². The van der Waals surface area contributed by atoms with Gasteiger partial charge in [0.05, 0.1) is 18.8 Å². The van der Waals surface area contributed by atoms with E-state index in [2.05, 4.69) is 46.7 Å². The Kier molecular flexibility index (Phi) is 5.02. The summed E-state index contributed by atoms with van der Waals surface area (Å²) in [5.41, 5.74) is 3.38. The molecule has 3 rings (SSSR count). The monoisotopic (exact) mass is 304 g/mol. The van der Waals surface area contributed by atoms with Gasteiger partial charge in [0, 0.05) is 12.7 Å². The van der Waals surface area contributed by atoms with Gasteiger partial charge >= 0.3 is 0 Å². The average molecular weight is 304 g/mol. The lowest BCUT2D eigenvalue weighted by molar-refractivity contribution is 0.413. The molecule has 0 aliphatic heterocycles. The quantitative estimate of drug-likeness (QED) is 0.748. The molecule has 0 saturated heterocycles. The molecular formula is C20H20N2O. The molecule has 0 fully saturated rings. The Morgan fingerprint density at radius 2 is 1.78 bits per heavy atom. The van der Waals surface area contributed by atoms with Gasteiger partial charge < -0.3 is 10.1 Å². The van der Waals surface area contributed by atoms with Gasteiger partial charge in [-0.15, -0.1) is 0 Å². The number of ether oxygens (including phenoxy) is 1. The van der Waals surface area contributed by atoms with Crippen molar-refractivity contribution in [2.24, 2.45) is 0 Å². The molecule has 0 amide bonds. The molecule has 3 nitrogen and oxygen atoms in total. The molecule has 1 N–H and O–H groups in total. The van der Waals surface area contributed by atoms with Crippen molar-refractivity contribution in [1.29, 1.82) is 0 Å². The normalized spacial score (nSPS) is 11.9. The number of aromatic nitrogens is 1. The fraction of sp³-hybridized carbons (Fsp3) is 0.150. The van der Waals surface area contributed by atoms with Crippen molar-refractivity contribution in [3.05, 3.63) is 95.8 Å². The number of nitrogens with one attached hydrogen (secondary N) is 1. The van der Waals surface area contributed by atoms with E-state index < -0.39 is 0 Å².